The van der Waals surface area contributed by atoms with Crippen LogP contribution in [-0.4, -0.2) is 65.6 Å². The van der Waals surface area contributed by atoms with E-state index in [1.54, 1.807) is 36.5 Å². The van der Waals surface area contributed by atoms with Gasteiger partial charge in [-0.15, -0.1) is 0 Å². The Hall–Kier alpha value is -3.20. The monoisotopic (exact) mass is 565 g/mol. The first-order valence-corrected chi connectivity index (χ1v) is 14.5. The van der Waals surface area contributed by atoms with Gasteiger partial charge in [0.1, 0.15) is 35.7 Å². The average molecular weight is 566 g/mol. The average Bonchev–Trinajstić information content (AvgIpc) is 3.59. The summed E-state index contributed by atoms with van der Waals surface area (Å²) in [7, 11) is 0. The molecular weight excluding hydrogens is 530 g/mol. The second kappa shape index (κ2) is 13.0. The van der Waals surface area contributed by atoms with Gasteiger partial charge in [-0.2, -0.15) is 0 Å². The molecule has 1 atom stereocenters. The van der Waals surface area contributed by atoms with Crippen molar-refractivity contribution < 1.29 is 24.2 Å². The lowest BCUT2D eigenvalue weighted by Crippen LogP contribution is -2.34. The van der Waals surface area contributed by atoms with E-state index in [1.165, 1.54) is 0 Å². The van der Waals surface area contributed by atoms with Crippen LogP contribution in [0.4, 0.5) is 0 Å². The van der Waals surface area contributed by atoms with Gasteiger partial charge in [0.15, 0.2) is 0 Å². The summed E-state index contributed by atoms with van der Waals surface area (Å²) in [6.45, 7) is 4.88. The highest BCUT2D eigenvalue weighted by Gasteiger charge is 2.25. The van der Waals surface area contributed by atoms with Crippen molar-refractivity contribution in [1.82, 2.24) is 15.2 Å². The first kappa shape index (κ1) is 28.3. The van der Waals surface area contributed by atoms with Gasteiger partial charge in [0.25, 0.3) is 5.91 Å². The Kier molecular flexibility index (Phi) is 9.19. The third kappa shape index (κ3) is 7.30. The molecule has 1 aliphatic carbocycles. The number of β-amino-alcohol motifs (C(OH)–C–C–N with tert-alkyl or cyclic N) is 1. The Morgan fingerprint density at radius 2 is 1.95 bits per heavy atom. The zero-order valence-electron chi connectivity index (χ0n) is 22.8. The van der Waals surface area contributed by atoms with Gasteiger partial charge in [0.05, 0.1) is 11.1 Å². The minimum absolute atomic E-state index is 0.0681. The van der Waals surface area contributed by atoms with E-state index in [-0.39, 0.29) is 18.3 Å². The lowest BCUT2D eigenvalue weighted by Gasteiger charge is -2.20. The van der Waals surface area contributed by atoms with Crippen LogP contribution in [0.3, 0.4) is 0 Å². The Morgan fingerprint density at radius 3 is 2.67 bits per heavy atom. The second-order valence-corrected chi connectivity index (χ2v) is 11.1. The fourth-order valence-corrected chi connectivity index (χ4v) is 5.32. The third-order valence-corrected chi connectivity index (χ3v) is 7.69. The molecule has 2 heterocycles. The van der Waals surface area contributed by atoms with Gasteiger partial charge in [-0.1, -0.05) is 17.7 Å². The number of Topliss-reactive ketones (excluding diaryl/α,β-unsaturated/α-hetero) is 1. The largest absolute Gasteiger partial charge is 0.490 e. The van der Waals surface area contributed by atoms with Crippen LogP contribution in [0, 0.1) is 5.92 Å². The SMILES string of the molecule is CCNC(=O)c1cc2c(Oc3ccc(CC(=O)CC4CC4)c(Cl)c3)ccnc2cc1OC[C@H](O)CN1CCCC1. The maximum atomic E-state index is 13.0. The number of nitrogens with zero attached hydrogens (tertiary/aromatic N) is 2. The van der Waals surface area contributed by atoms with Crippen LogP contribution in [0.15, 0.2) is 42.6 Å². The number of hydrogen-bond donors (Lipinski definition) is 2. The smallest absolute Gasteiger partial charge is 0.255 e. The number of amides is 1. The molecular formula is C31H36ClN3O5. The molecule has 1 aromatic heterocycles. The summed E-state index contributed by atoms with van der Waals surface area (Å²) < 4.78 is 12.2. The molecule has 0 unspecified atom stereocenters. The van der Waals surface area contributed by atoms with Crippen LogP contribution < -0.4 is 14.8 Å². The molecule has 2 fully saturated rings. The van der Waals surface area contributed by atoms with Crippen LogP contribution in [0.1, 0.15) is 54.9 Å². The molecule has 0 radical (unpaired) electrons. The number of nitrogens with one attached hydrogen (secondary N) is 1. The quantitative estimate of drug-likeness (QED) is 0.294. The lowest BCUT2D eigenvalue weighted by atomic mass is 10.0. The highest BCUT2D eigenvalue weighted by molar-refractivity contribution is 6.31. The number of carbonyl (C=O) groups is 2. The number of aliphatic hydroxyl groups excluding tert-OH is 1. The Bertz CT molecular complexity index is 1370. The van der Waals surface area contributed by atoms with Crippen LogP contribution in [0.2, 0.25) is 5.02 Å². The summed E-state index contributed by atoms with van der Waals surface area (Å²) in [5, 5.41) is 14.5. The van der Waals surface area contributed by atoms with E-state index in [2.05, 4.69) is 15.2 Å². The molecule has 40 heavy (non-hydrogen) atoms. The molecule has 2 aromatic carbocycles. The zero-order valence-corrected chi connectivity index (χ0v) is 23.6. The standard InChI is InChI=1S/C31H36ClN3O5/c1-2-33-31(38)26-16-25-28(17-30(26)39-19-23(37)18-35-11-3-4-12-35)34-10-9-29(25)40-24-8-7-21(27(32)15-24)14-22(36)13-20-5-6-20/h7-10,15-17,20,23,37H,2-6,11-14,18-19H2,1H3,(H,33,38)/t23-/m1/s1. The fraction of sp³-hybridized carbons (Fsp3) is 0.452. The summed E-state index contributed by atoms with van der Waals surface area (Å²) in [4.78, 5) is 32.0. The number of carbonyl (C=O) groups excluding carboxylic acids is 2. The Labute approximate surface area is 239 Å². The maximum Gasteiger partial charge on any atom is 0.255 e. The highest BCUT2D eigenvalue weighted by atomic mass is 35.5. The number of ether oxygens (including phenoxy) is 2. The van der Waals surface area contributed by atoms with Crippen molar-refractivity contribution in [3.8, 4) is 17.2 Å². The molecule has 2 aliphatic rings. The van der Waals surface area contributed by atoms with E-state index in [4.69, 9.17) is 21.1 Å². The van der Waals surface area contributed by atoms with Gasteiger partial charge in [-0.3, -0.25) is 14.6 Å². The zero-order chi connectivity index (χ0) is 28.1. The number of rotatable bonds is 13. The normalized spacial score (nSPS) is 16.2. The number of fused-ring (bicyclic) bond motifs is 1. The highest BCUT2D eigenvalue weighted by Crippen LogP contribution is 2.36. The number of hydrogen-bond acceptors (Lipinski definition) is 7. The van der Waals surface area contributed by atoms with Gasteiger partial charge in [-0.05, 0) is 81.4 Å². The minimum atomic E-state index is -0.671. The van der Waals surface area contributed by atoms with E-state index in [0.29, 0.717) is 70.6 Å². The van der Waals surface area contributed by atoms with E-state index in [9.17, 15) is 14.7 Å². The molecule has 1 amide bonds. The van der Waals surface area contributed by atoms with Crippen LogP contribution in [0.25, 0.3) is 10.9 Å². The van der Waals surface area contributed by atoms with E-state index in [0.717, 1.165) is 44.3 Å². The number of benzene rings is 2. The molecule has 2 N–H and O–H groups in total. The molecule has 212 valence electrons. The van der Waals surface area contributed by atoms with E-state index < -0.39 is 6.10 Å². The molecule has 3 aromatic rings. The van der Waals surface area contributed by atoms with Crippen molar-refractivity contribution in [1.29, 1.82) is 0 Å². The number of aliphatic hydroxyl groups is 1. The number of pyridine rings is 1. The van der Waals surface area contributed by atoms with Gasteiger partial charge >= 0.3 is 0 Å². The minimum Gasteiger partial charge on any atom is -0.490 e. The Morgan fingerprint density at radius 1 is 1.15 bits per heavy atom. The third-order valence-electron chi connectivity index (χ3n) is 7.34. The number of halogens is 1. The predicted molar refractivity (Wildman–Crippen MR) is 155 cm³/mol. The maximum absolute atomic E-state index is 13.0. The van der Waals surface area contributed by atoms with Gasteiger partial charge in [0, 0.05) is 48.6 Å². The van der Waals surface area contributed by atoms with Gasteiger partial charge in [-0.25, -0.2) is 0 Å². The van der Waals surface area contributed by atoms with Crippen molar-refractivity contribution in [3.63, 3.8) is 0 Å². The molecule has 1 aliphatic heterocycles. The summed E-state index contributed by atoms with van der Waals surface area (Å²) in [5.41, 5.74) is 1.71. The van der Waals surface area contributed by atoms with Crippen LogP contribution >= 0.6 is 11.6 Å². The van der Waals surface area contributed by atoms with Crippen LogP contribution in [0.5, 0.6) is 17.2 Å². The fourth-order valence-electron chi connectivity index (χ4n) is 5.08. The molecule has 1 saturated heterocycles. The first-order chi connectivity index (χ1) is 19.4. The second-order valence-electron chi connectivity index (χ2n) is 10.7. The summed E-state index contributed by atoms with van der Waals surface area (Å²) in [6, 6.07) is 10.5. The molecule has 5 rings (SSSR count). The summed E-state index contributed by atoms with van der Waals surface area (Å²) >= 11 is 6.51. The van der Waals surface area contributed by atoms with E-state index >= 15 is 0 Å². The summed E-state index contributed by atoms with van der Waals surface area (Å²) in [6.07, 6.45) is 6.47. The molecule has 9 heteroatoms. The number of ketones is 1. The first-order valence-electron chi connectivity index (χ1n) is 14.1. The lowest BCUT2D eigenvalue weighted by molar-refractivity contribution is -0.118. The molecule has 0 bridgehead atoms. The van der Waals surface area contributed by atoms with Crippen molar-refractivity contribution in [2.24, 2.45) is 5.92 Å². The molecule has 1 saturated carbocycles. The topological polar surface area (TPSA) is 101 Å². The number of aromatic nitrogens is 1. The van der Waals surface area contributed by atoms with Crippen LogP contribution in [-0.2, 0) is 11.2 Å². The van der Waals surface area contributed by atoms with Crippen molar-refractivity contribution in [3.05, 3.63) is 58.7 Å². The Balaban J connectivity index is 1.35. The molecule has 8 nitrogen and oxygen atoms in total. The summed E-state index contributed by atoms with van der Waals surface area (Å²) in [5.74, 6) is 1.84. The van der Waals surface area contributed by atoms with Gasteiger partial charge < -0.3 is 24.8 Å². The van der Waals surface area contributed by atoms with E-state index in [1.807, 2.05) is 13.0 Å². The van der Waals surface area contributed by atoms with Gasteiger partial charge in [0.2, 0.25) is 0 Å². The predicted octanol–water partition coefficient (Wildman–Crippen LogP) is 5.18. The van der Waals surface area contributed by atoms with Crippen molar-refractivity contribution in [2.45, 2.75) is 51.6 Å². The van der Waals surface area contributed by atoms with Crippen molar-refractivity contribution in [2.75, 3.05) is 32.8 Å². The van der Waals surface area contributed by atoms with Crippen molar-refractivity contribution >= 4 is 34.2 Å². The number of likely N-dealkylation sites (tertiary alicyclic amines) is 1. The molecule has 0 spiro atoms.